The number of unbranched alkanes of at least 4 members (excludes halogenated alkanes) is 2. The van der Waals surface area contributed by atoms with Crippen molar-refractivity contribution in [2.75, 3.05) is 6.61 Å². The van der Waals surface area contributed by atoms with Crippen LogP contribution in [0.5, 0.6) is 0 Å². The van der Waals surface area contributed by atoms with Gasteiger partial charge in [0.25, 0.3) is 0 Å². The second-order valence-corrected chi connectivity index (χ2v) is 4.09. The zero-order valence-corrected chi connectivity index (χ0v) is 9.63. The molecule has 1 saturated heterocycles. The SMILES string of the molecule is CCCCC#CC(=O)C1COC(C)(C)O1. The van der Waals surface area contributed by atoms with E-state index < -0.39 is 11.9 Å². The maximum atomic E-state index is 11.5. The van der Waals surface area contributed by atoms with Crippen LogP contribution in [0.4, 0.5) is 0 Å². The van der Waals surface area contributed by atoms with Gasteiger partial charge in [0.05, 0.1) is 6.61 Å². The van der Waals surface area contributed by atoms with Crippen LogP contribution in [0.3, 0.4) is 0 Å². The van der Waals surface area contributed by atoms with Crippen molar-refractivity contribution in [3.05, 3.63) is 0 Å². The van der Waals surface area contributed by atoms with E-state index in [2.05, 4.69) is 18.8 Å². The van der Waals surface area contributed by atoms with Crippen LogP contribution in [0.1, 0.15) is 40.0 Å². The van der Waals surface area contributed by atoms with Crippen LogP contribution in [0.25, 0.3) is 0 Å². The first-order chi connectivity index (χ1) is 7.05. The summed E-state index contributed by atoms with van der Waals surface area (Å²) >= 11 is 0. The van der Waals surface area contributed by atoms with Crippen LogP contribution in [0.15, 0.2) is 0 Å². The highest BCUT2D eigenvalue weighted by Crippen LogP contribution is 2.22. The normalized spacial score (nSPS) is 23.3. The Labute approximate surface area is 91.1 Å². The summed E-state index contributed by atoms with van der Waals surface area (Å²) in [6.45, 7) is 6.00. The molecule has 0 aliphatic carbocycles. The molecule has 1 fully saturated rings. The Morgan fingerprint density at radius 2 is 2.27 bits per heavy atom. The third-order valence-corrected chi connectivity index (χ3v) is 2.17. The smallest absolute Gasteiger partial charge is 0.236 e. The highest BCUT2D eigenvalue weighted by Gasteiger charge is 2.36. The monoisotopic (exact) mass is 210 g/mol. The fraction of sp³-hybridized carbons (Fsp3) is 0.750. The fourth-order valence-electron chi connectivity index (χ4n) is 1.31. The molecule has 0 aromatic heterocycles. The molecule has 1 atom stereocenters. The second-order valence-electron chi connectivity index (χ2n) is 4.09. The van der Waals surface area contributed by atoms with Gasteiger partial charge < -0.3 is 9.47 Å². The second kappa shape index (κ2) is 5.29. The van der Waals surface area contributed by atoms with Gasteiger partial charge in [0.1, 0.15) is 0 Å². The molecule has 1 unspecified atom stereocenters. The number of carbonyl (C=O) groups is 1. The molecule has 0 saturated carbocycles. The van der Waals surface area contributed by atoms with E-state index in [-0.39, 0.29) is 5.78 Å². The van der Waals surface area contributed by atoms with E-state index >= 15 is 0 Å². The van der Waals surface area contributed by atoms with E-state index in [0.29, 0.717) is 6.61 Å². The van der Waals surface area contributed by atoms with Crippen molar-refractivity contribution in [1.82, 2.24) is 0 Å². The van der Waals surface area contributed by atoms with Crippen molar-refractivity contribution in [2.24, 2.45) is 0 Å². The van der Waals surface area contributed by atoms with Gasteiger partial charge in [-0.1, -0.05) is 19.3 Å². The molecule has 0 bridgehead atoms. The van der Waals surface area contributed by atoms with Crippen LogP contribution in [-0.4, -0.2) is 24.3 Å². The van der Waals surface area contributed by atoms with Gasteiger partial charge in [-0.25, -0.2) is 0 Å². The average Bonchev–Trinajstić information content (AvgIpc) is 2.53. The molecule has 1 aliphatic rings. The van der Waals surface area contributed by atoms with Crippen molar-refractivity contribution >= 4 is 5.78 Å². The lowest BCUT2D eigenvalue weighted by atomic mass is 10.2. The predicted octanol–water partition coefficient (Wildman–Crippen LogP) is 1.90. The van der Waals surface area contributed by atoms with Gasteiger partial charge in [-0.15, -0.1) is 0 Å². The van der Waals surface area contributed by atoms with Gasteiger partial charge in [0, 0.05) is 6.42 Å². The Bertz CT molecular complexity index is 283. The van der Waals surface area contributed by atoms with Crippen molar-refractivity contribution in [3.8, 4) is 11.8 Å². The Hall–Kier alpha value is -0.850. The number of Topliss-reactive ketones (excluding diaryl/α,β-unsaturated/α-hetero) is 1. The largest absolute Gasteiger partial charge is 0.347 e. The number of hydrogen-bond donors (Lipinski definition) is 0. The summed E-state index contributed by atoms with van der Waals surface area (Å²) in [5.41, 5.74) is 0. The molecule has 0 amide bonds. The first-order valence-electron chi connectivity index (χ1n) is 5.39. The predicted molar refractivity (Wildman–Crippen MR) is 57.2 cm³/mol. The van der Waals surface area contributed by atoms with Crippen molar-refractivity contribution < 1.29 is 14.3 Å². The first kappa shape index (κ1) is 12.2. The number of ether oxygens (including phenoxy) is 2. The lowest BCUT2D eigenvalue weighted by Crippen LogP contribution is -2.25. The van der Waals surface area contributed by atoms with Gasteiger partial charge >= 0.3 is 0 Å². The Morgan fingerprint density at radius 3 is 2.80 bits per heavy atom. The Kier molecular flexibility index (Phi) is 4.31. The van der Waals surface area contributed by atoms with Crippen LogP contribution < -0.4 is 0 Å². The van der Waals surface area contributed by atoms with Crippen molar-refractivity contribution in [1.29, 1.82) is 0 Å². The number of ketones is 1. The third kappa shape index (κ3) is 4.03. The molecular formula is C12H18O3. The molecule has 3 nitrogen and oxygen atoms in total. The summed E-state index contributed by atoms with van der Waals surface area (Å²) in [6.07, 6.45) is 2.40. The molecule has 0 aromatic carbocycles. The molecular weight excluding hydrogens is 192 g/mol. The zero-order chi connectivity index (χ0) is 11.3. The zero-order valence-electron chi connectivity index (χ0n) is 9.63. The highest BCUT2D eigenvalue weighted by molar-refractivity contribution is 5.99. The van der Waals surface area contributed by atoms with Gasteiger partial charge in [-0.2, -0.15) is 0 Å². The van der Waals surface area contributed by atoms with Crippen LogP contribution in [0, 0.1) is 11.8 Å². The van der Waals surface area contributed by atoms with E-state index in [0.717, 1.165) is 19.3 Å². The Morgan fingerprint density at radius 1 is 1.53 bits per heavy atom. The van der Waals surface area contributed by atoms with E-state index in [1.807, 2.05) is 0 Å². The summed E-state index contributed by atoms with van der Waals surface area (Å²) in [5, 5.41) is 0. The average molecular weight is 210 g/mol. The summed E-state index contributed by atoms with van der Waals surface area (Å²) in [6, 6.07) is 0. The standard InChI is InChI=1S/C12H18O3/c1-4-5-6-7-8-10(13)11-9-14-12(2,3)15-11/h11H,4-6,9H2,1-3H3. The minimum atomic E-state index is -0.647. The van der Waals surface area contributed by atoms with Crippen molar-refractivity contribution in [2.45, 2.75) is 51.9 Å². The first-order valence-corrected chi connectivity index (χ1v) is 5.39. The minimum Gasteiger partial charge on any atom is -0.347 e. The topological polar surface area (TPSA) is 35.5 Å². The maximum Gasteiger partial charge on any atom is 0.236 e. The van der Waals surface area contributed by atoms with E-state index in [1.165, 1.54) is 0 Å². The lowest BCUT2D eigenvalue weighted by molar-refractivity contribution is -0.148. The van der Waals surface area contributed by atoms with Gasteiger partial charge in [-0.3, -0.25) is 4.79 Å². The summed E-state index contributed by atoms with van der Waals surface area (Å²) in [7, 11) is 0. The quantitative estimate of drug-likeness (QED) is 0.405. The number of rotatable bonds is 3. The lowest BCUT2D eigenvalue weighted by Gasteiger charge is -2.15. The molecule has 0 spiro atoms. The summed E-state index contributed by atoms with van der Waals surface area (Å²) < 4.78 is 10.7. The van der Waals surface area contributed by atoms with Crippen LogP contribution >= 0.6 is 0 Å². The molecule has 1 aliphatic heterocycles. The fourth-order valence-corrected chi connectivity index (χ4v) is 1.31. The van der Waals surface area contributed by atoms with Crippen molar-refractivity contribution in [3.63, 3.8) is 0 Å². The van der Waals surface area contributed by atoms with Gasteiger partial charge in [-0.05, 0) is 26.2 Å². The molecule has 3 heteroatoms. The van der Waals surface area contributed by atoms with E-state index in [1.54, 1.807) is 13.8 Å². The third-order valence-electron chi connectivity index (χ3n) is 2.17. The van der Waals surface area contributed by atoms with E-state index in [4.69, 9.17) is 9.47 Å². The van der Waals surface area contributed by atoms with Crippen LogP contribution in [0.2, 0.25) is 0 Å². The number of hydrogen-bond acceptors (Lipinski definition) is 3. The van der Waals surface area contributed by atoms with E-state index in [9.17, 15) is 4.79 Å². The summed E-state index contributed by atoms with van der Waals surface area (Å²) in [5.74, 6) is 4.64. The molecule has 0 N–H and O–H groups in total. The number of carbonyl (C=O) groups excluding carboxylic acids is 1. The highest BCUT2D eigenvalue weighted by atomic mass is 16.7. The molecule has 0 radical (unpaired) electrons. The molecule has 1 rings (SSSR count). The molecule has 84 valence electrons. The molecule has 1 heterocycles. The van der Waals surface area contributed by atoms with Crippen LogP contribution in [-0.2, 0) is 14.3 Å². The van der Waals surface area contributed by atoms with Gasteiger partial charge in [0.15, 0.2) is 11.9 Å². The molecule has 0 aromatic rings. The minimum absolute atomic E-state index is 0.170. The Balaban J connectivity index is 2.37. The summed E-state index contributed by atoms with van der Waals surface area (Å²) in [4.78, 5) is 11.5. The van der Waals surface area contributed by atoms with Gasteiger partial charge in [0.2, 0.25) is 5.78 Å². The maximum absolute atomic E-state index is 11.5. The molecule has 15 heavy (non-hydrogen) atoms.